The third-order valence-corrected chi connectivity index (χ3v) is 6.60. The van der Waals surface area contributed by atoms with Crippen molar-refractivity contribution in [2.45, 2.75) is 35.6 Å². The van der Waals surface area contributed by atoms with Crippen molar-refractivity contribution in [3.05, 3.63) is 42.0 Å². The first-order valence-electron chi connectivity index (χ1n) is 10.1. The number of rotatable bonds is 5. The highest BCUT2D eigenvalue weighted by Gasteiger charge is 2.34. The molecule has 2 aliphatic heterocycles. The van der Waals surface area contributed by atoms with Gasteiger partial charge in [0.2, 0.25) is 17.7 Å². The molecule has 2 N–H and O–H groups in total. The summed E-state index contributed by atoms with van der Waals surface area (Å²) in [5, 5.41) is 4.36. The Hall–Kier alpha value is -3.21. The van der Waals surface area contributed by atoms with Crippen molar-refractivity contribution in [1.29, 1.82) is 0 Å². The Balaban J connectivity index is 1.43. The van der Waals surface area contributed by atoms with Gasteiger partial charge in [0, 0.05) is 36.0 Å². The van der Waals surface area contributed by atoms with Gasteiger partial charge in [-0.15, -0.1) is 11.8 Å². The summed E-state index contributed by atoms with van der Waals surface area (Å²) in [6.07, 6.45) is -3.45. The van der Waals surface area contributed by atoms with E-state index in [1.807, 2.05) is 0 Å². The number of hydrogen-bond donors (Lipinski definition) is 2. The van der Waals surface area contributed by atoms with Crippen LogP contribution in [-0.2, 0) is 20.6 Å². The molecule has 2 aromatic carbocycles. The van der Waals surface area contributed by atoms with E-state index in [0.29, 0.717) is 35.0 Å². The molecule has 33 heavy (non-hydrogen) atoms. The van der Waals surface area contributed by atoms with E-state index in [9.17, 15) is 27.6 Å². The third-order valence-electron chi connectivity index (χ3n) is 5.32. The van der Waals surface area contributed by atoms with Crippen molar-refractivity contribution in [3.8, 4) is 5.75 Å². The highest BCUT2D eigenvalue weighted by atomic mass is 32.2. The molecule has 2 aliphatic rings. The summed E-state index contributed by atoms with van der Waals surface area (Å²) in [6, 6.07) is 8.05. The highest BCUT2D eigenvalue weighted by molar-refractivity contribution is 8.01. The minimum absolute atomic E-state index is 0.00746. The predicted octanol–water partition coefficient (Wildman–Crippen LogP) is 4.28. The molecule has 7 nitrogen and oxygen atoms in total. The largest absolute Gasteiger partial charge is 0.494 e. The molecule has 0 unspecified atom stereocenters. The molecule has 4 rings (SSSR count). The van der Waals surface area contributed by atoms with Crippen LogP contribution in [0.1, 0.15) is 24.8 Å². The maximum Gasteiger partial charge on any atom is 0.416 e. The van der Waals surface area contributed by atoms with E-state index in [0.717, 1.165) is 30.3 Å². The molecule has 1 atom stereocenters. The molecule has 0 saturated carbocycles. The van der Waals surface area contributed by atoms with Crippen LogP contribution in [0.5, 0.6) is 5.75 Å². The maximum absolute atomic E-state index is 12.9. The fourth-order valence-corrected chi connectivity index (χ4v) is 4.81. The summed E-state index contributed by atoms with van der Waals surface area (Å²) < 4.78 is 44.1. The van der Waals surface area contributed by atoms with Crippen LogP contribution < -0.4 is 20.3 Å². The molecular formula is C22H20F3N3O4S. The predicted molar refractivity (Wildman–Crippen MR) is 118 cm³/mol. The van der Waals surface area contributed by atoms with Crippen LogP contribution in [0, 0.1) is 0 Å². The lowest BCUT2D eigenvalue weighted by Crippen LogP contribution is -2.32. The van der Waals surface area contributed by atoms with Crippen LogP contribution in [0.15, 0.2) is 41.3 Å². The lowest BCUT2D eigenvalue weighted by Gasteiger charge is -2.24. The average molecular weight is 479 g/mol. The summed E-state index contributed by atoms with van der Waals surface area (Å²) in [5.74, 6) is -0.539. The Kier molecular flexibility index (Phi) is 6.24. The molecule has 0 aliphatic carbocycles. The summed E-state index contributed by atoms with van der Waals surface area (Å²) in [7, 11) is 1.47. The molecule has 174 valence electrons. The van der Waals surface area contributed by atoms with Crippen LogP contribution in [-0.4, -0.2) is 36.6 Å². The van der Waals surface area contributed by atoms with Crippen LogP contribution >= 0.6 is 11.8 Å². The fourth-order valence-electron chi connectivity index (χ4n) is 3.72. The number of fused-ring (bicyclic) bond motifs is 1. The Labute approximate surface area is 191 Å². The van der Waals surface area contributed by atoms with Gasteiger partial charge in [-0.2, -0.15) is 13.2 Å². The zero-order valence-electron chi connectivity index (χ0n) is 17.5. The summed E-state index contributed by atoms with van der Waals surface area (Å²) in [6.45, 7) is 0.598. The van der Waals surface area contributed by atoms with Crippen molar-refractivity contribution in [2.24, 2.45) is 0 Å². The number of thioether (sulfide) groups is 1. The van der Waals surface area contributed by atoms with Gasteiger partial charge in [0.1, 0.15) is 5.75 Å². The Morgan fingerprint density at radius 2 is 2.03 bits per heavy atom. The lowest BCUT2D eigenvalue weighted by atomic mass is 10.1. The monoisotopic (exact) mass is 479 g/mol. The smallest absolute Gasteiger partial charge is 0.416 e. The first kappa shape index (κ1) is 23.0. The molecule has 3 amide bonds. The average Bonchev–Trinajstić information content (AvgIpc) is 3.18. The number of halogens is 3. The molecule has 0 radical (unpaired) electrons. The molecular weight excluding hydrogens is 459 g/mol. The molecule has 11 heteroatoms. The van der Waals surface area contributed by atoms with Crippen molar-refractivity contribution in [1.82, 2.24) is 0 Å². The van der Waals surface area contributed by atoms with Gasteiger partial charge in [0.05, 0.1) is 29.3 Å². The van der Waals surface area contributed by atoms with Crippen LogP contribution in [0.2, 0.25) is 0 Å². The standard InChI is InChI=1S/C22H20F3N3O4S/c1-32-16-10-13(5-6-15(16)28-8-2-3-20(28)30)26-19(29)11-18-21(31)27-14-9-12(22(23,24)25)4-7-17(14)33-18/h4-7,9-10,18H,2-3,8,11H2,1H3,(H,26,29)(H,27,31)/t18-/m0/s1. The maximum atomic E-state index is 12.9. The second kappa shape index (κ2) is 8.97. The molecule has 2 heterocycles. The first-order valence-corrected chi connectivity index (χ1v) is 11.0. The molecule has 0 aromatic heterocycles. The number of nitrogens with zero attached hydrogens (tertiary/aromatic N) is 1. The van der Waals surface area contributed by atoms with Crippen molar-refractivity contribution < 1.29 is 32.3 Å². The van der Waals surface area contributed by atoms with Gasteiger partial charge in [-0.1, -0.05) is 0 Å². The number of alkyl halides is 3. The number of ether oxygens (including phenoxy) is 1. The zero-order chi connectivity index (χ0) is 23.8. The molecule has 1 saturated heterocycles. The van der Waals surface area contributed by atoms with Crippen molar-refractivity contribution in [3.63, 3.8) is 0 Å². The minimum atomic E-state index is -4.51. The quantitative estimate of drug-likeness (QED) is 0.669. The second-order valence-corrected chi connectivity index (χ2v) is 8.84. The van der Waals surface area contributed by atoms with E-state index in [-0.39, 0.29) is 18.0 Å². The SMILES string of the molecule is COc1cc(NC(=O)C[C@@H]2Sc3ccc(C(F)(F)F)cc3NC2=O)ccc1N1CCCC1=O. The lowest BCUT2D eigenvalue weighted by molar-refractivity contribution is -0.137. The molecule has 0 bridgehead atoms. The summed E-state index contributed by atoms with van der Waals surface area (Å²) in [5.41, 5.74) is 0.276. The minimum Gasteiger partial charge on any atom is -0.494 e. The van der Waals surface area contributed by atoms with Crippen LogP contribution in [0.3, 0.4) is 0 Å². The second-order valence-electron chi connectivity index (χ2n) is 7.59. The normalized spacial score (nSPS) is 18.1. The zero-order valence-corrected chi connectivity index (χ0v) is 18.3. The molecule has 0 spiro atoms. The number of nitrogens with one attached hydrogen (secondary N) is 2. The van der Waals surface area contributed by atoms with Crippen molar-refractivity contribution in [2.75, 3.05) is 29.2 Å². The van der Waals surface area contributed by atoms with Gasteiger partial charge in [-0.3, -0.25) is 14.4 Å². The van der Waals surface area contributed by atoms with E-state index in [2.05, 4.69) is 10.6 Å². The van der Waals surface area contributed by atoms with Gasteiger partial charge in [-0.05, 0) is 36.8 Å². The van der Waals surface area contributed by atoms with Crippen molar-refractivity contribution >= 4 is 46.5 Å². The van der Waals surface area contributed by atoms with Gasteiger partial charge < -0.3 is 20.3 Å². The van der Waals surface area contributed by atoms with E-state index in [1.165, 1.54) is 13.2 Å². The van der Waals surface area contributed by atoms with E-state index < -0.39 is 28.8 Å². The Morgan fingerprint density at radius 1 is 1.24 bits per heavy atom. The number of methoxy groups -OCH3 is 1. The molecule has 2 aromatic rings. The number of carbonyl (C=O) groups excluding carboxylic acids is 3. The third kappa shape index (κ3) is 4.92. The molecule has 1 fully saturated rings. The highest BCUT2D eigenvalue weighted by Crippen LogP contribution is 2.41. The van der Waals surface area contributed by atoms with Crippen LogP contribution in [0.4, 0.5) is 30.2 Å². The number of amides is 3. The van der Waals surface area contributed by atoms with Gasteiger partial charge in [0.25, 0.3) is 0 Å². The summed E-state index contributed by atoms with van der Waals surface area (Å²) in [4.78, 5) is 39.0. The van der Waals surface area contributed by atoms with E-state index in [1.54, 1.807) is 23.1 Å². The Morgan fingerprint density at radius 3 is 2.70 bits per heavy atom. The number of hydrogen-bond acceptors (Lipinski definition) is 5. The van der Waals surface area contributed by atoms with E-state index in [4.69, 9.17) is 4.74 Å². The van der Waals surface area contributed by atoms with Crippen LogP contribution in [0.25, 0.3) is 0 Å². The topological polar surface area (TPSA) is 87.7 Å². The van der Waals surface area contributed by atoms with Gasteiger partial charge >= 0.3 is 6.18 Å². The number of carbonyl (C=O) groups is 3. The number of anilines is 3. The number of benzene rings is 2. The summed E-state index contributed by atoms with van der Waals surface area (Å²) >= 11 is 1.04. The van der Waals surface area contributed by atoms with E-state index >= 15 is 0 Å². The van der Waals surface area contributed by atoms with Gasteiger partial charge in [-0.25, -0.2) is 0 Å². The first-order chi connectivity index (χ1) is 15.7. The fraction of sp³-hybridized carbons (Fsp3) is 0.318. The Bertz CT molecular complexity index is 1120. The van der Waals surface area contributed by atoms with Gasteiger partial charge in [0.15, 0.2) is 0 Å².